The molecule has 0 aromatic heterocycles. The Hall–Kier alpha value is -2.96. The fourth-order valence-electron chi connectivity index (χ4n) is 2.38. The Balaban J connectivity index is 1.88. The van der Waals surface area contributed by atoms with Crippen molar-refractivity contribution in [1.29, 1.82) is 0 Å². The number of hydrogen-bond acceptors (Lipinski definition) is 4. The Bertz CT molecular complexity index is 775. The average Bonchev–Trinajstić information content (AvgIpc) is 2.64. The van der Waals surface area contributed by atoms with Gasteiger partial charge in [-0.3, -0.25) is 4.79 Å². The van der Waals surface area contributed by atoms with Gasteiger partial charge in [0.1, 0.15) is 0 Å². The van der Waals surface area contributed by atoms with Crippen LogP contribution in [-0.4, -0.2) is 31.6 Å². The van der Waals surface area contributed by atoms with Gasteiger partial charge < -0.3 is 15.0 Å². The number of hydrogen-bond donors (Lipinski definition) is 1. The minimum absolute atomic E-state index is 0.166. The number of nitrogens with one attached hydrogen (secondary N) is 1. The zero-order valence-electron chi connectivity index (χ0n) is 14.6. The molecule has 0 atom stereocenters. The zero-order valence-corrected chi connectivity index (χ0v) is 14.6. The van der Waals surface area contributed by atoms with Crippen molar-refractivity contribution in [1.82, 2.24) is 0 Å². The Morgan fingerprint density at radius 2 is 1.65 bits per heavy atom. The van der Waals surface area contributed by atoms with Gasteiger partial charge in [0.05, 0.1) is 5.56 Å². The van der Waals surface area contributed by atoms with Crippen molar-refractivity contribution in [3.05, 3.63) is 59.7 Å². The van der Waals surface area contributed by atoms with Crippen molar-refractivity contribution >= 4 is 23.3 Å². The second-order valence-electron chi connectivity index (χ2n) is 5.47. The molecule has 0 saturated heterocycles. The predicted molar refractivity (Wildman–Crippen MR) is 95.3 cm³/mol. The number of rotatable bonds is 7. The van der Waals surface area contributed by atoms with Crippen molar-refractivity contribution in [3.63, 3.8) is 0 Å². The highest BCUT2D eigenvalue weighted by atomic mass is 19.2. The predicted octanol–water partition coefficient (Wildman–Crippen LogP) is 3.61. The maximum atomic E-state index is 13.1. The highest BCUT2D eigenvalue weighted by molar-refractivity contribution is 5.95. The van der Waals surface area contributed by atoms with E-state index in [1.807, 2.05) is 12.1 Å². The summed E-state index contributed by atoms with van der Waals surface area (Å²) in [6.45, 7) is 5.33. The van der Waals surface area contributed by atoms with Gasteiger partial charge in [0, 0.05) is 24.5 Å². The Morgan fingerprint density at radius 3 is 2.23 bits per heavy atom. The second-order valence-corrected chi connectivity index (χ2v) is 5.47. The van der Waals surface area contributed by atoms with E-state index in [4.69, 9.17) is 4.74 Å². The third-order valence-corrected chi connectivity index (χ3v) is 3.77. The van der Waals surface area contributed by atoms with Gasteiger partial charge in [0.15, 0.2) is 18.2 Å². The van der Waals surface area contributed by atoms with E-state index < -0.39 is 30.1 Å². The van der Waals surface area contributed by atoms with Crippen LogP contribution in [0.3, 0.4) is 0 Å². The first-order valence-corrected chi connectivity index (χ1v) is 8.21. The van der Waals surface area contributed by atoms with Crippen molar-refractivity contribution in [2.45, 2.75) is 13.8 Å². The molecule has 26 heavy (non-hydrogen) atoms. The van der Waals surface area contributed by atoms with Gasteiger partial charge in [-0.2, -0.15) is 0 Å². The summed E-state index contributed by atoms with van der Waals surface area (Å²) in [6, 6.07) is 9.91. The van der Waals surface area contributed by atoms with E-state index in [1.54, 1.807) is 12.1 Å². The number of halogens is 2. The van der Waals surface area contributed by atoms with E-state index in [1.165, 1.54) is 0 Å². The molecule has 0 heterocycles. The number of amides is 1. The number of benzene rings is 2. The van der Waals surface area contributed by atoms with Gasteiger partial charge in [-0.05, 0) is 56.3 Å². The van der Waals surface area contributed by atoms with E-state index >= 15 is 0 Å². The molecule has 2 aromatic carbocycles. The third-order valence-electron chi connectivity index (χ3n) is 3.77. The van der Waals surface area contributed by atoms with Gasteiger partial charge in [-0.25, -0.2) is 13.6 Å². The monoisotopic (exact) mass is 362 g/mol. The maximum absolute atomic E-state index is 13.1. The van der Waals surface area contributed by atoms with Gasteiger partial charge in [-0.15, -0.1) is 0 Å². The van der Waals surface area contributed by atoms with Gasteiger partial charge in [0.2, 0.25) is 0 Å². The molecule has 0 saturated carbocycles. The first kappa shape index (κ1) is 19.4. The average molecular weight is 362 g/mol. The Morgan fingerprint density at radius 1 is 1.00 bits per heavy atom. The van der Waals surface area contributed by atoms with Gasteiger partial charge in [0.25, 0.3) is 5.91 Å². The third kappa shape index (κ3) is 5.02. The fraction of sp³-hybridized carbons (Fsp3) is 0.263. The lowest BCUT2D eigenvalue weighted by Crippen LogP contribution is -2.22. The quantitative estimate of drug-likeness (QED) is 0.765. The molecule has 138 valence electrons. The van der Waals surface area contributed by atoms with Crippen molar-refractivity contribution in [2.75, 3.05) is 29.9 Å². The minimum Gasteiger partial charge on any atom is -0.452 e. The smallest absolute Gasteiger partial charge is 0.338 e. The molecular formula is C19H20F2N2O3. The highest BCUT2D eigenvalue weighted by Gasteiger charge is 2.13. The number of anilines is 2. The van der Waals surface area contributed by atoms with Crippen LogP contribution in [-0.2, 0) is 9.53 Å². The summed E-state index contributed by atoms with van der Waals surface area (Å²) in [7, 11) is 0. The zero-order chi connectivity index (χ0) is 19.1. The molecule has 1 N–H and O–H groups in total. The molecule has 1 amide bonds. The molecular weight excluding hydrogens is 342 g/mol. The summed E-state index contributed by atoms with van der Waals surface area (Å²) in [4.78, 5) is 25.8. The summed E-state index contributed by atoms with van der Waals surface area (Å²) >= 11 is 0. The fourth-order valence-corrected chi connectivity index (χ4v) is 2.38. The van der Waals surface area contributed by atoms with Crippen LogP contribution in [0, 0.1) is 11.6 Å². The number of esters is 1. The molecule has 0 aliphatic rings. The standard InChI is InChI=1S/C19H20F2N2O3/c1-3-23(4-2)15-8-6-14(7-9-15)22-18(24)12-26-19(25)13-5-10-16(20)17(21)11-13/h5-11H,3-4,12H2,1-2H3,(H,22,24). The SMILES string of the molecule is CCN(CC)c1ccc(NC(=O)COC(=O)c2ccc(F)c(F)c2)cc1. The summed E-state index contributed by atoms with van der Waals surface area (Å²) in [5.74, 6) is -3.66. The normalized spacial score (nSPS) is 10.3. The molecule has 0 radical (unpaired) electrons. The van der Waals surface area contributed by atoms with Crippen LogP contribution in [0.15, 0.2) is 42.5 Å². The minimum atomic E-state index is -1.16. The van der Waals surface area contributed by atoms with Crippen LogP contribution in [0.4, 0.5) is 20.2 Å². The molecule has 5 nitrogen and oxygen atoms in total. The van der Waals surface area contributed by atoms with E-state index in [9.17, 15) is 18.4 Å². The lowest BCUT2D eigenvalue weighted by atomic mass is 10.2. The second kappa shape index (κ2) is 8.94. The topological polar surface area (TPSA) is 58.6 Å². The summed E-state index contributed by atoms with van der Waals surface area (Å²) < 4.78 is 30.8. The van der Waals surface area contributed by atoms with Crippen molar-refractivity contribution < 1.29 is 23.1 Å². The Labute approximate surface area is 150 Å². The van der Waals surface area contributed by atoms with Crippen molar-refractivity contribution in [3.8, 4) is 0 Å². The summed E-state index contributed by atoms with van der Waals surface area (Å²) in [5.41, 5.74) is 1.44. The molecule has 0 unspecified atom stereocenters. The van der Waals surface area contributed by atoms with E-state index in [0.717, 1.165) is 37.0 Å². The lowest BCUT2D eigenvalue weighted by Gasteiger charge is -2.21. The van der Waals surface area contributed by atoms with E-state index in [0.29, 0.717) is 5.69 Å². The first-order chi connectivity index (χ1) is 12.4. The molecule has 0 aliphatic heterocycles. The maximum Gasteiger partial charge on any atom is 0.338 e. The van der Waals surface area contributed by atoms with Crippen LogP contribution in [0.25, 0.3) is 0 Å². The van der Waals surface area contributed by atoms with E-state index in [-0.39, 0.29) is 5.56 Å². The van der Waals surface area contributed by atoms with Crippen LogP contribution in [0.2, 0.25) is 0 Å². The van der Waals surface area contributed by atoms with Crippen LogP contribution in [0.1, 0.15) is 24.2 Å². The summed E-state index contributed by atoms with van der Waals surface area (Å²) in [5, 5.41) is 2.60. The molecule has 0 fully saturated rings. The number of ether oxygens (including phenoxy) is 1. The molecule has 2 rings (SSSR count). The largest absolute Gasteiger partial charge is 0.452 e. The van der Waals surface area contributed by atoms with Crippen LogP contribution < -0.4 is 10.2 Å². The van der Waals surface area contributed by atoms with Crippen LogP contribution in [0.5, 0.6) is 0 Å². The molecule has 7 heteroatoms. The van der Waals surface area contributed by atoms with Gasteiger partial charge >= 0.3 is 5.97 Å². The summed E-state index contributed by atoms with van der Waals surface area (Å²) in [6.07, 6.45) is 0. The Kier molecular flexibility index (Phi) is 6.66. The van der Waals surface area contributed by atoms with E-state index in [2.05, 4.69) is 24.1 Å². The van der Waals surface area contributed by atoms with Crippen LogP contribution >= 0.6 is 0 Å². The number of carbonyl (C=O) groups is 2. The molecule has 0 aliphatic carbocycles. The van der Waals surface area contributed by atoms with Gasteiger partial charge in [-0.1, -0.05) is 0 Å². The molecule has 2 aromatic rings. The lowest BCUT2D eigenvalue weighted by molar-refractivity contribution is -0.119. The first-order valence-electron chi connectivity index (χ1n) is 8.21. The molecule has 0 bridgehead atoms. The highest BCUT2D eigenvalue weighted by Crippen LogP contribution is 2.17. The molecule has 0 spiro atoms. The number of nitrogens with zero attached hydrogens (tertiary/aromatic N) is 1. The van der Waals surface area contributed by atoms with Crippen molar-refractivity contribution in [2.24, 2.45) is 0 Å². The number of carbonyl (C=O) groups excluding carboxylic acids is 2.